The highest BCUT2D eigenvalue weighted by Gasteiger charge is 2.35. The quantitative estimate of drug-likeness (QED) is 0.442. The lowest BCUT2D eigenvalue weighted by Crippen LogP contribution is -2.27. The molecule has 0 bridgehead atoms. The number of benzene rings is 2. The third-order valence-corrected chi connectivity index (χ3v) is 5.75. The average Bonchev–Trinajstić information content (AvgIpc) is 2.84. The van der Waals surface area contributed by atoms with Crippen molar-refractivity contribution < 1.29 is 14.3 Å². The van der Waals surface area contributed by atoms with Crippen LogP contribution in [-0.4, -0.2) is 23.2 Å². The highest BCUT2D eigenvalue weighted by Crippen LogP contribution is 2.34. The lowest BCUT2D eigenvalue weighted by molar-refractivity contribution is -0.123. The van der Waals surface area contributed by atoms with Crippen molar-refractivity contribution in [1.29, 1.82) is 0 Å². The molecule has 1 heterocycles. The number of imide groups is 1. The minimum Gasteiger partial charge on any atom is -0.496 e. The maximum Gasteiger partial charge on any atom is 0.293 e. The zero-order chi connectivity index (χ0) is 18.0. The predicted octanol–water partition coefficient (Wildman–Crippen LogP) is 5.19. The molecule has 0 N–H and O–H groups in total. The van der Waals surface area contributed by atoms with Crippen molar-refractivity contribution in [1.82, 2.24) is 4.90 Å². The Kier molecular flexibility index (Phi) is 5.71. The normalized spacial score (nSPS) is 16.0. The van der Waals surface area contributed by atoms with E-state index in [4.69, 9.17) is 16.3 Å². The van der Waals surface area contributed by atoms with E-state index in [-0.39, 0.29) is 17.7 Å². The highest BCUT2D eigenvalue weighted by atomic mass is 127. The molecule has 0 spiro atoms. The first-order valence-electron chi connectivity index (χ1n) is 7.32. The van der Waals surface area contributed by atoms with Gasteiger partial charge in [0.05, 0.1) is 22.1 Å². The molecule has 0 unspecified atom stereocenters. The van der Waals surface area contributed by atoms with Crippen molar-refractivity contribution >= 4 is 63.2 Å². The summed E-state index contributed by atoms with van der Waals surface area (Å²) in [5.41, 5.74) is 1.58. The molecule has 2 aromatic rings. The molecular weight excluding hydrogens is 473 g/mol. The van der Waals surface area contributed by atoms with Gasteiger partial charge in [0.25, 0.3) is 11.1 Å². The number of carbonyl (C=O) groups excluding carboxylic acids is 2. The molecule has 1 aliphatic rings. The van der Waals surface area contributed by atoms with Crippen molar-refractivity contribution in [2.24, 2.45) is 0 Å². The molecule has 2 amide bonds. The molecule has 0 radical (unpaired) electrons. The Morgan fingerprint density at radius 1 is 1.24 bits per heavy atom. The fourth-order valence-electron chi connectivity index (χ4n) is 2.36. The number of hydrogen-bond donors (Lipinski definition) is 0. The second-order valence-corrected chi connectivity index (χ2v) is 7.82. The third kappa shape index (κ3) is 4.02. The first-order chi connectivity index (χ1) is 12.0. The predicted molar refractivity (Wildman–Crippen MR) is 109 cm³/mol. The van der Waals surface area contributed by atoms with E-state index >= 15 is 0 Å². The van der Waals surface area contributed by atoms with E-state index < -0.39 is 0 Å². The number of thioether (sulfide) groups is 1. The molecule has 1 fully saturated rings. The van der Waals surface area contributed by atoms with Crippen LogP contribution in [0, 0.1) is 3.57 Å². The van der Waals surface area contributed by atoms with E-state index in [9.17, 15) is 9.59 Å². The SMILES string of the molecule is COc1ccc(/C=C2\SC(=O)N(Cc3ccccc3Cl)C2=O)cc1I. The summed E-state index contributed by atoms with van der Waals surface area (Å²) in [5.74, 6) is 0.463. The van der Waals surface area contributed by atoms with Crippen molar-refractivity contribution in [3.8, 4) is 5.75 Å². The Hall–Kier alpha value is -1.51. The monoisotopic (exact) mass is 485 g/mol. The van der Waals surface area contributed by atoms with E-state index in [1.165, 1.54) is 4.90 Å². The molecule has 128 valence electrons. The van der Waals surface area contributed by atoms with Gasteiger partial charge in [-0.15, -0.1) is 0 Å². The van der Waals surface area contributed by atoms with Gasteiger partial charge in [0.15, 0.2) is 0 Å². The number of ether oxygens (including phenoxy) is 1. The molecule has 0 aliphatic carbocycles. The van der Waals surface area contributed by atoms with Gasteiger partial charge in [0.1, 0.15) is 5.75 Å². The fourth-order valence-corrected chi connectivity index (χ4v) is 4.15. The van der Waals surface area contributed by atoms with Crippen LogP contribution in [-0.2, 0) is 11.3 Å². The summed E-state index contributed by atoms with van der Waals surface area (Å²) in [4.78, 5) is 26.4. The molecule has 0 saturated carbocycles. The zero-order valence-electron chi connectivity index (χ0n) is 13.2. The second kappa shape index (κ2) is 7.80. The van der Waals surface area contributed by atoms with Crippen LogP contribution in [0.5, 0.6) is 5.75 Å². The van der Waals surface area contributed by atoms with Crippen molar-refractivity contribution in [3.63, 3.8) is 0 Å². The van der Waals surface area contributed by atoms with Crippen LogP contribution in [0.4, 0.5) is 4.79 Å². The van der Waals surface area contributed by atoms with Gasteiger partial charge in [-0.25, -0.2) is 0 Å². The Morgan fingerprint density at radius 2 is 2.00 bits per heavy atom. The molecule has 0 aromatic heterocycles. The molecular formula is C18H13ClINO3S. The van der Waals surface area contributed by atoms with Crippen LogP contribution >= 0.6 is 46.0 Å². The van der Waals surface area contributed by atoms with Gasteiger partial charge in [-0.2, -0.15) is 0 Å². The molecule has 25 heavy (non-hydrogen) atoms. The molecule has 1 saturated heterocycles. The Balaban J connectivity index is 1.83. The lowest BCUT2D eigenvalue weighted by Gasteiger charge is -2.13. The van der Waals surface area contributed by atoms with Crippen LogP contribution in [0.3, 0.4) is 0 Å². The summed E-state index contributed by atoms with van der Waals surface area (Å²) in [5, 5.41) is 0.245. The van der Waals surface area contributed by atoms with Gasteiger partial charge in [-0.3, -0.25) is 14.5 Å². The van der Waals surface area contributed by atoms with Crippen LogP contribution in [0.1, 0.15) is 11.1 Å². The molecule has 7 heteroatoms. The van der Waals surface area contributed by atoms with Gasteiger partial charge < -0.3 is 4.74 Å². The summed E-state index contributed by atoms with van der Waals surface area (Å²) >= 11 is 9.23. The second-order valence-electron chi connectivity index (χ2n) is 5.25. The third-order valence-electron chi connectivity index (χ3n) is 3.63. The average molecular weight is 486 g/mol. The number of halogens is 2. The van der Waals surface area contributed by atoms with E-state index in [0.29, 0.717) is 9.93 Å². The van der Waals surface area contributed by atoms with E-state index in [1.54, 1.807) is 25.3 Å². The maximum atomic E-state index is 12.6. The van der Waals surface area contributed by atoms with Gasteiger partial charge >= 0.3 is 0 Å². The lowest BCUT2D eigenvalue weighted by atomic mass is 10.2. The Morgan fingerprint density at radius 3 is 2.68 bits per heavy atom. The smallest absolute Gasteiger partial charge is 0.293 e. The number of rotatable bonds is 4. The maximum absolute atomic E-state index is 12.6. The minimum atomic E-state index is -0.305. The molecule has 1 aliphatic heterocycles. The summed E-state index contributed by atoms with van der Waals surface area (Å²) < 4.78 is 6.16. The fraction of sp³-hybridized carbons (Fsp3) is 0.111. The van der Waals surface area contributed by atoms with E-state index in [2.05, 4.69) is 22.6 Å². The zero-order valence-corrected chi connectivity index (χ0v) is 16.9. The minimum absolute atomic E-state index is 0.168. The topological polar surface area (TPSA) is 46.6 Å². The Bertz CT molecular complexity index is 884. The van der Waals surface area contributed by atoms with Gasteiger partial charge in [-0.05, 0) is 69.8 Å². The first kappa shape index (κ1) is 18.3. The van der Waals surface area contributed by atoms with Gasteiger partial charge in [0.2, 0.25) is 0 Å². The van der Waals surface area contributed by atoms with E-state index in [0.717, 1.165) is 32.2 Å². The number of hydrogen-bond acceptors (Lipinski definition) is 4. The molecule has 0 atom stereocenters. The molecule has 2 aromatic carbocycles. The van der Waals surface area contributed by atoms with E-state index in [1.807, 2.05) is 30.3 Å². The van der Waals surface area contributed by atoms with Crippen molar-refractivity contribution in [2.75, 3.05) is 7.11 Å². The standard InChI is InChI=1S/C18H13ClINO3S/c1-24-15-7-6-11(8-14(15)20)9-16-17(22)21(18(23)25-16)10-12-4-2-3-5-13(12)19/h2-9H,10H2,1H3/b16-9-. The highest BCUT2D eigenvalue weighted by molar-refractivity contribution is 14.1. The summed E-state index contributed by atoms with van der Waals surface area (Å²) in [6.07, 6.45) is 1.72. The van der Waals surface area contributed by atoms with Gasteiger partial charge in [-0.1, -0.05) is 35.9 Å². The van der Waals surface area contributed by atoms with Crippen molar-refractivity contribution in [3.05, 3.63) is 67.1 Å². The number of carbonyl (C=O) groups is 2. The summed E-state index contributed by atoms with van der Waals surface area (Å²) in [6, 6.07) is 12.8. The number of nitrogens with zero attached hydrogens (tertiary/aromatic N) is 1. The Labute approximate surface area is 168 Å². The van der Waals surface area contributed by atoms with Crippen LogP contribution in [0.25, 0.3) is 6.08 Å². The van der Waals surface area contributed by atoms with Crippen LogP contribution in [0.2, 0.25) is 5.02 Å². The first-order valence-corrected chi connectivity index (χ1v) is 9.59. The largest absolute Gasteiger partial charge is 0.496 e. The summed E-state index contributed by atoms with van der Waals surface area (Å²) in [7, 11) is 1.61. The molecule has 4 nitrogen and oxygen atoms in total. The molecule has 3 rings (SSSR count). The van der Waals surface area contributed by atoms with Crippen molar-refractivity contribution in [2.45, 2.75) is 6.54 Å². The number of amides is 2. The number of methoxy groups -OCH3 is 1. The van der Waals surface area contributed by atoms with Crippen LogP contribution < -0.4 is 4.74 Å². The summed E-state index contributed by atoms with van der Waals surface area (Å²) in [6.45, 7) is 0.168. The van der Waals surface area contributed by atoms with Crippen LogP contribution in [0.15, 0.2) is 47.4 Å². The van der Waals surface area contributed by atoms with Gasteiger partial charge in [0, 0.05) is 5.02 Å².